The standard InChI is InChI=1S/C43H50N6O5S2/c1-7-36(50)46-37(24(2)3)41(51)48-20-8-10-32(48)39-44-30-18-16-28(22-34(30)55-39)26-12-14-27(15-13-26)29-17-19-31-35(23-29)56-40(45-31)33-11-9-21-49(33)42(52)38(25(4)5)47-43(53)54-6/h12-19,22-25,32-33,37-38H,7-11,20-21H2,1-6H3,(H,46,50)(H,47,53)/t32-,33-,37-,38-/m0/s1. The molecule has 2 N–H and O–H groups in total. The number of aromatic nitrogens is 2. The third kappa shape index (κ3) is 8.02. The van der Waals surface area contributed by atoms with Gasteiger partial charge in [0.1, 0.15) is 22.1 Å². The number of carbonyl (C=O) groups excluding carboxylic acids is 4. The zero-order chi connectivity index (χ0) is 39.7. The highest BCUT2D eigenvalue weighted by molar-refractivity contribution is 7.19. The van der Waals surface area contributed by atoms with Crippen molar-refractivity contribution < 1.29 is 23.9 Å². The SMILES string of the molecule is CCC(=O)N[C@H](C(=O)N1CCC[C@H]1c1nc2ccc(-c3ccc(-c4ccc5nc([C@@H]6CCCN6C(=O)[C@@H](NC(=O)OC)C(C)C)sc5c4)cc3)cc2s1)C(C)C. The van der Waals surface area contributed by atoms with Crippen molar-refractivity contribution in [2.45, 2.75) is 90.9 Å². The minimum Gasteiger partial charge on any atom is -0.453 e. The molecule has 0 bridgehead atoms. The molecule has 11 nitrogen and oxygen atoms in total. The molecule has 4 amide bonds. The van der Waals surface area contributed by atoms with Crippen LogP contribution in [0.5, 0.6) is 0 Å². The van der Waals surface area contributed by atoms with Crippen molar-refractivity contribution in [3.63, 3.8) is 0 Å². The maximum absolute atomic E-state index is 13.7. The lowest BCUT2D eigenvalue weighted by atomic mass is 10.0. The second-order valence-electron chi connectivity index (χ2n) is 15.4. The lowest BCUT2D eigenvalue weighted by Gasteiger charge is -2.30. The van der Waals surface area contributed by atoms with Crippen molar-refractivity contribution in [3.05, 3.63) is 70.7 Å². The lowest BCUT2D eigenvalue weighted by molar-refractivity contribution is -0.138. The minimum absolute atomic E-state index is 0.0125. The summed E-state index contributed by atoms with van der Waals surface area (Å²) in [5.41, 5.74) is 6.21. The Morgan fingerprint density at radius 3 is 1.54 bits per heavy atom. The first kappa shape index (κ1) is 39.4. The number of ether oxygens (including phenoxy) is 1. The van der Waals surface area contributed by atoms with Crippen LogP contribution in [0, 0.1) is 11.8 Å². The number of thiazole rings is 2. The van der Waals surface area contributed by atoms with Gasteiger partial charge in [0.2, 0.25) is 17.7 Å². The van der Waals surface area contributed by atoms with E-state index < -0.39 is 18.2 Å². The van der Waals surface area contributed by atoms with Crippen LogP contribution >= 0.6 is 22.7 Å². The van der Waals surface area contributed by atoms with Crippen molar-refractivity contribution in [3.8, 4) is 22.3 Å². The van der Waals surface area contributed by atoms with Crippen LogP contribution < -0.4 is 10.6 Å². The fraction of sp³-hybridized carbons (Fsp3) is 0.442. The molecule has 4 heterocycles. The van der Waals surface area contributed by atoms with Gasteiger partial charge in [0, 0.05) is 19.5 Å². The average Bonchev–Trinajstić information content (AvgIpc) is 4.03. The summed E-state index contributed by atoms with van der Waals surface area (Å²) in [4.78, 5) is 65.3. The predicted molar refractivity (Wildman–Crippen MR) is 222 cm³/mol. The predicted octanol–water partition coefficient (Wildman–Crippen LogP) is 8.50. The molecule has 7 rings (SSSR count). The van der Waals surface area contributed by atoms with E-state index in [4.69, 9.17) is 14.7 Å². The summed E-state index contributed by atoms with van der Waals surface area (Å²) in [7, 11) is 1.30. The number of carbonyl (C=O) groups is 4. The fourth-order valence-electron chi connectivity index (χ4n) is 7.80. The van der Waals surface area contributed by atoms with Gasteiger partial charge in [-0.15, -0.1) is 22.7 Å². The van der Waals surface area contributed by atoms with Crippen LogP contribution in [0.2, 0.25) is 0 Å². The van der Waals surface area contributed by atoms with Crippen LogP contribution in [0.4, 0.5) is 4.79 Å². The van der Waals surface area contributed by atoms with E-state index in [0.717, 1.165) is 78.4 Å². The molecule has 2 saturated heterocycles. The number of hydrogen-bond acceptors (Lipinski definition) is 9. The molecule has 0 aliphatic carbocycles. The largest absolute Gasteiger partial charge is 0.453 e. The molecule has 0 unspecified atom stereocenters. The number of amides is 4. The van der Waals surface area contributed by atoms with Crippen LogP contribution in [0.15, 0.2) is 60.7 Å². The third-order valence-electron chi connectivity index (χ3n) is 11.0. The second kappa shape index (κ2) is 16.7. The Labute approximate surface area is 335 Å². The van der Waals surface area contributed by atoms with E-state index in [0.29, 0.717) is 19.5 Å². The van der Waals surface area contributed by atoms with Crippen LogP contribution in [0.3, 0.4) is 0 Å². The second-order valence-corrected chi connectivity index (χ2v) is 17.6. The van der Waals surface area contributed by atoms with Gasteiger partial charge in [-0.1, -0.05) is 71.0 Å². The highest BCUT2D eigenvalue weighted by Gasteiger charge is 2.39. The number of fused-ring (bicyclic) bond motifs is 2. The van der Waals surface area contributed by atoms with Gasteiger partial charge in [-0.3, -0.25) is 14.4 Å². The van der Waals surface area contributed by atoms with E-state index in [9.17, 15) is 19.2 Å². The van der Waals surface area contributed by atoms with E-state index in [1.165, 1.54) is 7.11 Å². The van der Waals surface area contributed by atoms with Crippen LogP contribution in [-0.2, 0) is 19.1 Å². The van der Waals surface area contributed by atoms with Gasteiger partial charge in [0.05, 0.1) is 39.6 Å². The van der Waals surface area contributed by atoms with Crippen molar-refractivity contribution in [1.82, 2.24) is 30.4 Å². The number of nitrogens with one attached hydrogen (secondary N) is 2. The highest BCUT2D eigenvalue weighted by atomic mass is 32.1. The molecular weight excluding hydrogens is 745 g/mol. The number of hydrogen-bond donors (Lipinski definition) is 2. The monoisotopic (exact) mass is 794 g/mol. The normalized spacial score (nSPS) is 18.2. The Morgan fingerprint density at radius 1 is 0.696 bits per heavy atom. The van der Waals surface area contributed by atoms with E-state index >= 15 is 0 Å². The molecule has 2 aliphatic rings. The van der Waals surface area contributed by atoms with E-state index in [-0.39, 0.29) is 41.6 Å². The lowest BCUT2D eigenvalue weighted by Crippen LogP contribution is -2.51. The van der Waals surface area contributed by atoms with Crippen molar-refractivity contribution >= 4 is 66.9 Å². The van der Waals surface area contributed by atoms with Gasteiger partial charge in [-0.2, -0.15) is 0 Å². The highest BCUT2D eigenvalue weighted by Crippen LogP contribution is 2.40. The van der Waals surface area contributed by atoms with E-state index in [1.54, 1.807) is 29.6 Å². The molecule has 2 aliphatic heterocycles. The molecule has 56 heavy (non-hydrogen) atoms. The fourth-order valence-corrected chi connectivity index (χ4v) is 10.1. The summed E-state index contributed by atoms with van der Waals surface area (Å²) in [6.45, 7) is 10.9. The molecular formula is C43H50N6O5S2. The van der Waals surface area contributed by atoms with Crippen molar-refractivity contribution in [2.24, 2.45) is 11.8 Å². The number of likely N-dealkylation sites (tertiary alicyclic amines) is 2. The van der Waals surface area contributed by atoms with Gasteiger partial charge in [-0.05, 0) is 84.0 Å². The topological polar surface area (TPSA) is 134 Å². The van der Waals surface area contributed by atoms with Crippen LogP contribution in [0.25, 0.3) is 42.7 Å². The molecule has 13 heteroatoms. The Morgan fingerprint density at radius 2 is 1.12 bits per heavy atom. The summed E-state index contributed by atoms with van der Waals surface area (Å²) in [6, 6.07) is 19.8. The molecule has 0 saturated carbocycles. The number of rotatable bonds is 11. The maximum Gasteiger partial charge on any atom is 0.407 e. The summed E-state index contributed by atoms with van der Waals surface area (Å²) in [5.74, 6) is -0.350. The summed E-state index contributed by atoms with van der Waals surface area (Å²) >= 11 is 3.26. The molecule has 0 radical (unpaired) electrons. The van der Waals surface area contributed by atoms with Gasteiger partial charge >= 0.3 is 6.09 Å². The Hall–Kier alpha value is -4.88. The number of benzene rings is 3. The van der Waals surface area contributed by atoms with Gasteiger partial charge in [-0.25, -0.2) is 14.8 Å². The molecule has 0 spiro atoms. The first-order valence-electron chi connectivity index (χ1n) is 19.6. The average molecular weight is 795 g/mol. The molecule has 3 aromatic carbocycles. The smallest absolute Gasteiger partial charge is 0.407 e. The Bertz CT molecular complexity index is 2090. The van der Waals surface area contributed by atoms with Gasteiger partial charge in [0.25, 0.3) is 0 Å². The third-order valence-corrected chi connectivity index (χ3v) is 13.2. The van der Waals surface area contributed by atoms with Gasteiger partial charge in [0.15, 0.2) is 0 Å². The van der Waals surface area contributed by atoms with Crippen molar-refractivity contribution in [2.75, 3.05) is 20.2 Å². The summed E-state index contributed by atoms with van der Waals surface area (Å²) in [5, 5.41) is 7.51. The molecule has 5 aromatic rings. The Kier molecular flexibility index (Phi) is 11.7. The quantitative estimate of drug-likeness (QED) is 0.137. The Balaban J connectivity index is 1.06. The van der Waals surface area contributed by atoms with Crippen LogP contribution in [-0.4, -0.2) is 75.9 Å². The first-order chi connectivity index (χ1) is 26.9. The van der Waals surface area contributed by atoms with Crippen molar-refractivity contribution in [1.29, 1.82) is 0 Å². The minimum atomic E-state index is -0.668. The number of alkyl carbamates (subject to hydrolysis) is 1. The van der Waals surface area contributed by atoms with Crippen LogP contribution in [0.1, 0.15) is 88.8 Å². The molecule has 2 fully saturated rings. The number of methoxy groups -OCH3 is 1. The van der Waals surface area contributed by atoms with E-state index in [2.05, 4.69) is 65.2 Å². The molecule has 4 atom stereocenters. The first-order valence-corrected chi connectivity index (χ1v) is 21.3. The molecule has 2 aromatic heterocycles. The van der Waals surface area contributed by atoms with E-state index in [1.807, 2.05) is 43.6 Å². The zero-order valence-corrected chi connectivity index (χ0v) is 34.5. The molecule has 294 valence electrons. The summed E-state index contributed by atoms with van der Waals surface area (Å²) in [6.07, 6.45) is 3.21. The number of nitrogens with zero attached hydrogens (tertiary/aromatic N) is 4. The maximum atomic E-state index is 13.7. The zero-order valence-electron chi connectivity index (χ0n) is 32.8. The van der Waals surface area contributed by atoms with Gasteiger partial charge < -0.3 is 25.2 Å². The summed E-state index contributed by atoms with van der Waals surface area (Å²) < 4.78 is 6.92.